The molecule has 43 heavy (non-hydrogen) atoms. The van der Waals surface area contributed by atoms with Crippen molar-refractivity contribution in [3.05, 3.63) is 150 Å². The van der Waals surface area contributed by atoms with Crippen LogP contribution in [0, 0.1) is 12.7 Å². The Morgan fingerprint density at radius 1 is 0.977 bits per heavy atom. The van der Waals surface area contributed by atoms with E-state index in [9.17, 15) is 9.18 Å². The molecule has 5 rings (SSSR count). The van der Waals surface area contributed by atoms with Gasteiger partial charge in [-0.25, -0.2) is 9.82 Å². The number of allylic oxidation sites excluding steroid dienone is 1. The highest BCUT2D eigenvalue weighted by atomic mass is 19.1. The summed E-state index contributed by atoms with van der Waals surface area (Å²) >= 11 is 0. The zero-order valence-electron chi connectivity index (χ0n) is 24.1. The first-order valence-corrected chi connectivity index (χ1v) is 13.8. The van der Waals surface area contributed by atoms with Gasteiger partial charge in [0, 0.05) is 22.5 Å². The lowest BCUT2D eigenvalue weighted by atomic mass is 10.1. The summed E-state index contributed by atoms with van der Waals surface area (Å²) in [6, 6.07) is 31.6. The van der Waals surface area contributed by atoms with Gasteiger partial charge in [-0.2, -0.15) is 5.10 Å². The second kappa shape index (κ2) is 13.5. The Morgan fingerprint density at radius 3 is 2.42 bits per heavy atom. The van der Waals surface area contributed by atoms with E-state index in [4.69, 9.17) is 9.47 Å². The molecule has 1 amide bonds. The molecule has 0 aliphatic carbocycles. The normalized spacial score (nSPS) is 11.0. The van der Waals surface area contributed by atoms with Crippen molar-refractivity contribution in [1.82, 2.24) is 9.99 Å². The van der Waals surface area contributed by atoms with E-state index >= 15 is 0 Å². The van der Waals surface area contributed by atoms with Crippen LogP contribution in [0.1, 0.15) is 32.7 Å². The maximum atomic E-state index is 13.3. The summed E-state index contributed by atoms with van der Waals surface area (Å²) in [4.78, 5) is 12.9. The number of ether oxygens (including phenoxy) is 2. The second-order valence-electron chi connectivity index (χ2n) is 9.93. The number of benzene rings is 4. The Bertz CT molecular complexity index is 1740. The van der Waals surface area contributed by atoms with Gasteiger partial charge < -0.3 is 14.0 Å². The highest BCUT2D eigenvalue weighted by molar-refractivity contribution is 5.95. The number of hydrogen-bond acceptors (Lipinski definition) is 4. The van der Waals surface area contributed by atoms with Crippen LogP contribution in [-0.2, 0) is 13.0 Å². The fraction of sp³-hybridized carbons (Fsp3) is 0.111. The minimum Gasteiger partial charge on any atom is -0.493 e. The van der Waals surface area contributed by atoms with Gasteiger partial charge in [-0.3, -0.25) is 4.79 Å². The number of carbonyl (C=O) groups is 1. The SMILES string of the molecule is C=CCc1cc(/C=N/NC(=O)c2ccc(-n3c(C)ccc3-c3ccccc3)cc2)cc(OC)c1OCc1ccc(F)cc1. The third kappa shape index (κ3) is 6.90. The molecule has 1 aromatic heterocycles. The van der Waals surface area contributed by atoms with Gasteiger partial charge in [0.15, 0.2) is 11.5 Å². The molecule has 0 atom stereocenters. The molecule has 0 unspecified atom stereocenters. The van der Waals surface area contributed by atoms with E-state index < -0.39 is 0 Å². The van der Waals surface area contributed by atoms with Gasteiger partial charge in [0.1, 0.15) is 12.4 Å². The number of rotatable bonds is 11. The maximum Gasteiger partial charge on any atom is 0.271 e. The highest BCUT2D eigenvalue weighted by Gasteiger charge is 2.14. The third-order valence-electron chi connectivity index (χ3n) is 6.95. The second-order valence-corrected chi connectivity index (χ2v) is 9.93. The molecule has 0 saturated heterocycles. The van der Waals surface area contributed by atoms with Crippen molar-refractivity contribution in [3.63, 3.8) is 0 Å². The van der Waals surface area contributed by atoms with Crippen LogP contribution in [0.4, 0.5) is 4.39 Å². The standard InChI is InChI=1S/C36H32FN3O3/c1-4-8-30-21-27(22-34(42-3)35(30)43-24-26-12-16-31(37)17-13-26)23-38-39-36(41)29-14-18-32(19-15-29)40-25(2)11-20-33(40)28-9-6-5-7-10-28/h4-7,9-23H,1,8,24H2,2-3H3,(H,39,41)/b38-23+. The Morgan fingerprint density at radius 2 is 1.72 bits per heavy atom. The van der Waals surface area contributed by atoms with E-state index in [1.54, 1.807) is 49.7 Å². The van der Waals surface area contributed by atoms with E-state index in [0.29, 0.717) is 23.5 Å². The Balaban J connectivity index is 1.28. The average molecular weight is 574 g/mol. The molecule has 6 nitrogen and oxygen atoms in total. The molecule has 0 bridgehead atoms. The predicted octanol–water partition coefficient (Wildman–Crippen LogP) is 7.67. The lowest BCUT2D eigenvalue weighted by Gasteiger charge is -2.16. The van der Waals surface area contributed by atoms with E-state index in [0.717, 1.165) is 39.3 Å². The lowest BCUT2D eigenvalue weighted by molar-refractivity contribution is 0.0955. The quantitative estimate of drug-likeness (QED) is 0.100. The van der Waals surface area contributed by atoms with Gasteiger partial charge in [0.25, 0.3) is 5.91 Å². The van der Waals surface area contributed by atoms with Crippen LogP contribution >= 0.6 is 0 Å². The molecule has 216 valence electrons. The fourth-order valence-corrected chi connectivity index (χ4v) is 4.82. The first-order valence-electron chi connectivity index (χ1n) is 13.8. The van der Waals surface area contributed by atoms with Crippen molar-refractivity contribution >= 4 is 12.1 Å². The Kier molecular flexibility index (Phi) is 9.12. The molecular formula is C36H32FN3O3. The highest BCUT2D eigenvalue weighted by Crippen LogP contribution is 2.34. The van der Waals surface area contributed by atoms with E-state index in [-0.39, 0.29) is 18.3 Å². The van der Waals surface area contributed by atoms with Gasteiger partial charge in [-0.1, -0.05) is 48.5 Å². The molecule has 5 aromatic rings. The fourth-order valence-electron chi connectivity index (χ4n) is 4.82. The van der Waals surface area contributed by atoms with Gasteiger partial charge in [-0.05, 0) is 90.7 Å². The Hall–Kier alpha value is -5.43. The number of aryl methyl sites for hydroxylation is 1. The van der Waals surface area contributed by atoms with E-state index in [1.165, 1.54) is 12.1 Å². The molecule has 1 heterocycles. The van der Waals surface area contributed by atoms with Crippen molar-refractivity contribution in [1.29, 1.82) is 0 Å². The van der Waals surface area contributed by atoms with Gasteiger partial charge >= 0.3 is 0 Å². The van der Waals surface area contributed by atoms with Crippen LogP contribution in [0.25, 0.3) is 16.9 Å². The summed E-state index contributed by atoms with van der Waals surface area (Å²) in [5.41, 5.74) is 9.74. The number of methoxy groups -OCH3 is 1. The van der Waals surface area contributed by atoms with E-state index in [2.05, 4.69) is 52.9 Å². The summed E-state index contributed by atoms with van der Waals surface area (Å²) < 4.78 is 27.1. The Labute approximate surface area is 250 Å². The molecular weight excluding hydrogens is 541 g/mol. The average Bonchev–Trinajstić information content (AvgIpc) is 3.42. The number of amides is 1. The molecule has 0 aliphatic rings. The number of nitrogens with zero attached hydrogens (tertiary/aromatic N) is 2. The summed E-state index contributed by atoms with van der Waals surface area (Å²) in [6.45, 7) is 6.15. The molecule has 0 spiro atoms. The molecule has 1 N–H and O–H groups in total. The number of halogens is 1. The monoisotopic (exact) mass is 573 g/mol. The predicted molar refractivity (Wildman–Crippen MR) is 169 cm³/mol. The van der Waals surface area contributed by atoms with Crippen LogP contribution in [0.2, 0.25) is 0 Å². The smallest absolute Gasteiger partial charge is 0.271 e. The number of nitrogens with one attached hydrogen (secondary N) is 1. The number of hydrazone groups is 1. The lowest BCUT2D eigenvalue weighted by Crippen LogP contribution is -2.17. The topological polar surface area (TPSA) is 64.9 Å². The van der Waals surface area contributed by atoms with Crippen LogP contribution in [0.15, 0.2) is 121 Å². The molecule has 0 fully saturated rings. The van der Waals surface area contributed by atoms with Crippen LogP contribution < -0.4 is 14.9 Å². The third-order valence-corrected chi connectivity index (χ3v) is 6.95. The van der Waals surface area contributed by atoms with Crippen molar-refractivity contribution in [2.45, 2.75) is 20.0 Å². The van der Waals surface area contributed by atoms with Crippen LogP contribution in [0.3, 0.4) is 0 Å². The van der Waals surface area contributed by atoms with Crippen LogP contribution in [0.5, 0.6) is 11.5 Å². The summed E-state index contributed by atoms with van der Waals surface area (Å²) in [7, 11) is 1.56. The number of hydrogen-bond donors (Lipinski definition) is 1. The van der Waals surface area contributed by atoms with Crippen molar-refractivity contribution in [2.24, 2.45) is 5.10 Å². The van der Waals surface area contributed by atoms with Gasteiger partial charge in [0.05, 0.1) is 19.0 Å². The first kappa shape index (κ1) is 29.1. The first-order chi connectivity index (χ1) is 21.0. The zero-order chi connectivity index (χ0) is 30.2. The number of aromatic nitrogens is 1. The molecule has 7 heteroatoms. The largest absolute Gasteiger partial charge is 0.493 e. The minimum atomic E-state index is -0.326. The van der Waals surface area contributed by atoms with Gasteiger partial charge in [0.2, 0.25) is 0 Å². The molecule has 4 aromatic carbocycles. The van der Waals surface area contributed by atoms with Crippen molar-refractivity contribution in [2.75, 3.05) is 7.11 Å². The maximum absolute atomic E-state index is 13.3. The molecule has 0 saturated carbocycles. The van der Waals surface area contributed by atoms with E-state index in [1.807, 2.05) is 36.4 Å². The van der Waals surface area contributed by atoms with Crippen molar-refractivity contribution in [3.8, 4) is 28.4 Å². The summed E-state index contributed by atoms with van der Waals surface area (Å²) in [5, 5.41) is 4.18. The van der Waals surface area contributed by atoms with Gasteiger partial charge in [-0.15, -0.1) is 6.58 Å². The zero-order valence-corrected chi connectivity index (χ0v) is 24.1. The number of carbonyl (C=O) groups excluding carboxylic acids is 1. The van der Waals surface area contributed by atoms with Crippen molar-refractivity contribution < 1.29 is 18.7 Å². The summed E-state index contributed by atoms with van der Waals surface area (Å²) in [6.07, 6.45) is 3.85. The summed E-state index contributed by atoms with van der Waals surface area (Å²) in [5.74, 6) is 0.458. The van der Waals surface area contributed by atoms with Crippen LogP contribution in [-0.4, -0.2) is 23.8 Å². The minimum absolute atomic E-state index is 0.251. The molecule has 0 aliphatic heterocycles. The molecule has 0 radical (unpaired) electrons.